The van der Waals surface area contributed by atoms with Gasteiger partial charge < -0.3 is 9.88 Å². The molecule has 1 aromatic carbocycles. The summed E-state index contributed by atoms with van der Waals surface area (Å²) in [6.45, 7) is 4.28. The first-order valence-corrected chi connectivity index (χ1v) is 10.5. The van der Waals surface area contributed by atoms with Crippen molar-refractivity contribution in [3.05, 3.63) is 92.9 Å². The van der Waals surface area contributed by atoms with Crippen molar-refractivity contribution in [3.63, 3.8) is 0 Å². The first kappa shape index (κ1) is 20.1. The number of nitrogens with zero attached hydrogens (tertiary/aromatic N) is 2. The molecule has 0 amide bonds. The zero-order valence-corrected chi connectivity index (χ0v) is 18.1. The highest BCUT2D eigenvalue weighted by molar-refractivity contribution is 5.80. The molecule has 0 saturated carbocycles. The van der Waals surface area contributed by atoms with Crippen molar-refractivity contribution in [1.82, 2.24) is 4.98 Å². The molecule has 0 aliphatic heterocycles. The van der Waals surface area contributed by atoms with Crippen molar-refractivity contribution in [1.29, 1.82) is 0 Å². The van der Waals surface area contributed by atoms with Gasteiger partial charge in [0.05, 0.1) is 0 Å². The number of hydrogen-bond donors (Lipinski definition) is 1. The number of nitrogens with one attached hydrogen (secondary N) is 1. The summed E-state index contributed by atoms with van der Waals surface area (Å²) in [5, 5.41) is 0. The molecule has 2 aliphatic carbocycles. The Morgan fingerprint density at radius 1 is 1.23 bits per heavy atom. The molecule has 2 aromatic rings. The molecule has 4 nitrogen and oxygen atoms in total. The summed E-state index contributed by atoms with van der Waals surface area (Å²) >= 11 is 0. The van der Waals surface area contributed by atoms with Crippen LogP contribution in [0.5, 0.6) is 0 Å². The van der Waals surface area contributed by atoms with Crippen molar-refractivity contribution in [2.45, 2.75) is 32.2 Å². The summed E-state index contributed by atoms with van der Waals surface area (Å²) in [5.41, 5.74) is 6.64. The van der Waals surface area contributed by atoms with E-state index in [1.165, 1.54) is 16.8 Å². The molecule has 2 unspecified atom stereocenters. The monoisotopic (exact) mass is 399 g/mol. The average Bonchev–Trinajstić information content (AvgIpc) is 2.70. The van der Waals surface area contributed by atoms with E-state index < -0.39 is 5.54 Å². The van der Waals surface area contributed by atoms with E-state index in [4.69, 9.17) is 4.99 Å². The number of benzene rings is 1. The molecule has 0 saturated heterocycles. The number of pyridine rings is 1. The molecule has 2 atom stereocenters. The lowest BCUT2D eigenvalue weighted by Gasteiger charge is -2.45. The smallest absolute Gasteiger partial charge is 0.248 e. The van der Waals surface area contributed by atoms with Gasteiger partial charge in [-0.2, -0.15) is 0 Å². The predicted octanol–water partition coefficient (Wildman–Crippen LogP) is 4.89. The number of allylic oxidation sites excluding steroid dienone is 3. The molecule has 1 heterocycles. The van der Waals surface area contributed by atoms with Gasteiger partial charge in [-0.05, 0) is 55.7 Å². The quantitative estimate of drug-likeness (QED) is 0.588. The summed E-state index contributed by atoms with van der Waals surface area (Å²) in [4.78, 5) is 22.2. The summed E-state index contributed by atoms with van der Waals surface area (Å²) in [6.07, 6.45) is 12.2. The Balaban J connectivity index is 1.73. The number of H-pyrrole nitrogens is 1. The van der Waals surface area contributed by atoms with Crippen molar-refractivity contribution in [2.24, 2.45) is 10.9 Å². The molecule has 4 heteroatoms. The van der Waals surface area contributed by atoms with Gasteiger partial charge in [-0.25, -0.2) is 0 Å². The van der Waals surface area contributed by atoms with E-state index in [1.54, 1.807) is 6.07 Å². The Hall–Kier alpha value is -3.14. The molecule has 30 heavy (non-hydrogen) atoms. The fourth-order valence-corrected chi connectivity index (χ4v) is 4.88. The standard InChI is InChI=1S/C26H29N3O/c1-5-22-20-14-18(2)17-26(22,23-11-12-25(30)28-24(23)16-20)27-13-7-9-19-8-6-10-21(15-19)29(3)4/h5-15,20H,16-17H2,1-4H3,(H,28,30). The van der Waals surface area contributed by atoms with Crippen LogP contribution >= 0.6 is 0 Å². The predicted molar refractivity (Wildman–Crippen MR) is 126 cm³/mol. The highest BCUT2D eigenvalue weighted by atomic mass is 16.1. The summed E-state index contributed by atoms with van der Waals surface area (Å²) in [7, 11) is 4.09. The SMILES string of the molecule is CC=C1C2C=C(C)CC1(N=CC=Cc1cccc(N(C)C)c1)c1ccc(=O)[nH]c1C2. The third-order valence-corrected chi connectivity index (χ3v) is 6.13. The van der Waals surface area contributed by atoms with Gasteiger partial charge in [0.15, 0.2) is 0 Å². The summed E-state index contributed by atoms with van der Waals surface area (Å²) in [6, 6.07) is 12.0. The Labute approximate surface area is 178 Å². The molecule has 0 fully saturated rings. The Morgan fingerprint density at radius 3 is 2.83 bits per heavy atom. The van der Waals surface area contributed by atoms with Crippen LogP contribution in [-0.2, 0) is 12.0 Å². The minimum Gasteiger partial charge on any atom is -0.378 e. The molecule has 1 N–H and O–H groups in total. The van der Waals surface area contributed by atoms with Gasteiger partial charge in [-0.3, -0.25) is 9.79 Å². The Kier molecular flexibility index (Phi) is 5.33. The lowest BCUT2D eigenvalue weighted by Crippen LogP contribution is -2.40. The topological polar surface area (TPSA) is 48.5 Å². The van der Waals surface area contributed by atoms with Crippen LogP contribution in [-0.4, -0.2) is 25.3 Å². The fraction of sp³-hybridized carbons (Fsp3) is 0.308. The van der Waals surface area contributed by atoms with Crippen molar-refractivity contribution >= 4 is 18.0 Å². The molecule has 4 rings (SSSR count). The Bertz CT molecular complexity index is 1130. The van der Waals surface area contributed by atoms with Gasteiger partial charge >= 0.3 is 0 Å². The van der Waals surface area contributed by atoms with E-state index in [0.717, 1.165) is 29.7 Å². The van der Waals surface area contributed by atoms with Crippen LogP contribution in [0, 0.1) is 5.92 Å². The first-order chi connectivity index (χ1) is 14.4. The van der Waals surface area contributed by atoms with Crippen LogP contribution in [0.15, 0.2) is 75.6 Å². The van der Waals surface area contributed by atoms with E-state index in [2.05, 4.69) is 66.2 Å². The molecule has 2 bridgehead atoms. The minimum atomic E-state index is -0.439. The van der Waals surface area contributed by atoms with Crippen LogP contribution in [0.1, 0.15) is 37.1 Å². The van der Waals surface area contributed by atoms with Crippen LogP contribution in [0.4, 0.5) is 5.69 Å². The fourth-order valence-electron chi connectivity index (χ4n) is 4.88. The number of aliphatic imine (C=N–C) groups is 1. The maximum atomic E-state index is 11.9. The van der Waals surface area contributed by atoms with Crippen molar-refractivity contribution < 1.29 is 0 Å². The van der Waals surface area contributed by atoms with Gasteiger partial charge in [0.25, 0.3) is 0 Å². The number of aromatic amines is 1. The number of aromatic nitrogens is 1. The number of anilines is 1. The average molecular weight is 400 g/mol. The van der Waals surface area contributed by atoms with Crippen LogP contribution < -0.4 is 10.5 Å². The zero-order valence-electron chi connectivity index (χ0n) is 18.1. The molecular formula is C26H29N3O. The lowest BCUT2D eigenvalue weighted by atomic mass is 9.63. The number of fused-ring (bicyclic) bond motifs is 4. The maximum Gasteiger partial charge on any atom is 0.248 e. The highest BCUT2D eigenvalue weighted by Crippen LogP contribution is 2.51. The number of rotatable bonds is 4. The third-order valence-electron chi connectivity index (χ3n) is 6.13. The van der Waals surface area contributed by atoms with Gasteiger partial charge in [-0.15, -0.1) is 0 Å². The lowest BCUT2D eigenvalue weighted by molar-refractivity contribution is 0.413. The summed E-state index contributed by atoms with van der Waals surface area (Å²) in [5.74, 6) is 0.284. The second-order valence-corrected chi connectivity index (χ2v) is 8.45. The molecule has 154 valence electrons. The molecule has 1 aromatic heterocycles. The van der Waals surface area contributed by atoms with Crippen molar-refractivity contribution in [2.75, 3.05) is 19.0 Å². The molecule has 2 aliphatic rings. The zero-order chi connectivity index (χ0) is 21.3. The van der Waals surface area contributed by atoms with Crippen molar-refractivity contribution in [3.8, 4) is 0 Å². The summed E-state index contributed by atoms with van der Waals surface area (Å²) < 4.78 is 0. The normalized spacial score (nSPS) is 24.3. The van der Waals surface area contributed by atoms with Gasteiger partial charge in [0.1, 0.15) is 5.54 Å². The minimum absolute atomic E-state index is 0.0451. The molecule has 0 spiro atoms. The molecular weight excluding hydrogens is 370 g/mol. The van der Waals surface area contributed by atoms with Gasteiger partial charge in [-0.1, -0.05) is 35.9 Å². The first-order valence-electron chi connectivity index (χ1n) is 10.5. The van der Waals surface area contributed by atoms with E-state index >= 15 is 0 Å². The largest absolute Gasteiger partial charge is 0.378 e. The van der Waals surface area contributed by atoms with E-state index in [0.29, 0.717) is 0 Å². The van der Waals surface area contributed by atoms with E-state index in [-0.39, 0.29) is 11.5 Å². The van der Waals surface area contributed by atoms with Crippen LogP contribution in [0.2, 0.25) is 0 Å². The second-order valence-electron chi connectivity index (χ2n) is 8.45. The van der Waals surface area contributed by atoms with Gasteiger partial charge in [0, 0.05) is 55.7 Å². The van der Waals surface area contributed by atoms with Crippen LogP contribution in [0.25, 0.3) is 6.08 Å². The third kappa shape index (κ3) is 3.58. The van der Waals surface area contributed by atoms with Gasteiger partial charge in [0.2, 0.25) is 5.56 Å². The number of hydrogen-bond acceptors (Lipinski definition) is 3. The second kappa shape index (κ2) is 7.94. The van der Waals surface area contributed by atoms with E-state index in [9.17, 15) is 4.79 Å². The van der Waals surface area contributed by atoms with E-state index in [1.807, 2.05) is 32.5 Å². The highest BCUT2D eigenvalue weighted by Gasteiger charge is 2.46. The Morgan fingerprint density at radius 2 is 2.07 bits per heavy atom. The maximum absolute atomic E-state index is 11.9. The molecule has 0 radical (unpaired) electrons. The van der Waals surface area contributed by atoms with Crippen LogP contribution in [0.3, 0.4) is 0 Å².